The third kappa shape index (κ3) is 5.43. The van der Waals surface area contributed by atoms with Crippen LogP contribution in [0, 0.1) is 11.8 Å². The van der Waals surface area contributed by atoms with Crippen molar-refractivity contribution in [3.63, 3.8) is 0 Å². The average Bonchev–Trinajstić information content (AvgIpc) is 3.09. The van der Waals surface area contributed by atoms with Crippen LogP contribution in [0.2, 0.25) is 0 Å². The topological polar surface area (TPSA) is 109 Å². The number of nitrogens with one attached hydrogen (secondary N) is 3. The van der Waals surface area contributed by atoms with Crippen molar-refractivity contribution in [3.8, 4) is 0 Å². The van der Waals surface area contributed by atoms with Gasteiger partial charge >= 0.3 is 0 Å². The quantitative estimate of drug-likeness (QED) is 0.324. The molecule has 0 spiro atoms. The number of carbonyl (C=O) groups is 2. The lowest BCUT2D eigenvalue weighted by Crippen LogP contribution is -2.47. The molecule has 3 rings (SSSR count). The highest BCUT2D eigenvalue weighted by Crippen LogP contribution is 2.31. The molecule has 1 aliphatic rings. The van der Waals surface area contributed by atoms with Crippen molar-refractivity contribution in [2.45, 2.75) is 45.2 Å². The fourth-order valence-corrected chi connectivity index (χ4v) is 3.96. The Morgan fingerprint density at radius 3 is 2.79 bits per heavy atom. The molecule has 8 nitrogen and oxygen atoms in total. The first-order valence-corrected chi connectivity index (χ1v) is 10.5. The van der Waals surface area contributed by atoms with E-state index in [4.69, 9.17) is 0 Å². The molecule has 0 bridgehead atoms. The van der Waals surface area contributed by atoms with E-state index in [1.165, 1.54) is 0 Å². The average molecular weight is 497 g/mol. The summed E-state index contributed by atoms with van der Waals surface area (Å²) >= 11 is 1.66. The van der Waals surface area contributed by atoms with Gasteiger partial charge in [-0.1, -0.05) is 25.8 Å². The Bertz CT molecular complexity index is 885. The third-order valence-corrected chi connectivity index (χ3v) is 5.53. The number of anilines is 1. The SMILES string of the molecule is CC1CCC([C@H](NC(=O)I)C(=O)Nc2cnn(Cc3ccc[nH]c3=O)c2)CC1. The molecular weight excluding hydrogens is 473 g/mol. The maximum Gasteiger partial charge on any atom is 0.281 e. The Kier molecular flexibility index (Phi) is 6.87. The number of hydrogen-bond acceptors (Lipinski definition) is 4. The molecule has 2 aromatic rings. The molecule has 2 amide bonds. The lowest BCUT2D eigenvalue weighted by atomic mass is 9.79. The minimum absolute atomic E-state index is 0.132. The maximum absolute atomic E-state index is 12.8. The number of halogens is 1. The minimum Gasteiger partial charge on any atom is -0.335 e. The second-order valence-electron chi connectivity index (χ2n) is 7.36. The zero-order valence-electron chi connectivity index (χ0n) is 15.7. The van der Waals surface area contributed by atoms with E-state index in [1.807, 2.05) is 0 Å². The van der Waals surface area contributed by atoms with Gasteiger partial charge in [0.25, 0.3) is 9.47 Å². The van der Waals surface area contributed by atoms with Gasteiger partial charge in [0.05, 0.1) is 18.4 Å². The van der Waals surface area contributed by atoms with Crippen LogP contribution >= 0.6 is 22.6 Å². The summed E-state index contributed by atoms with van der Waals surface area (Å²) in [5.74, 6) is 0.559. The van der Waals surface area contributed by atoms with Gasteiger partial charge in [0.1, 0.15) is 6.04 Å². The van der Waals surface area contributed by atoms with E-state index in [2.05, 4.69) is 27.6 Å². The van der Waals surface area contributed by atoms with Gasteiger partial charge in [0, 0.05) is 40.5 Å². The lowest BCUT2D eigenvalue weighted by Gasteiger charge is -2.31. The zero-order valence-corrected chi connectivity index (χ0v) is 17.8. The summed E-state index contributed by atoms with van der Waals surface area (Å²) in [5, 5.41) is 9.86. The number of hydrogen-bond donors (Lipinski definition) is 3. The van der Waals surface area contributed by atoms with Crippen molar-refractivity contribution in [1.29, 1.82) is 0 Å². The number of aromatic nitrogens is 3. The normalized spacial score (nSPS) is 20.4. The Balaban J connectivity index is 1.66. The summed E-state index contributed by atoms with van der Waals surface area (Å²) in [6.07, 6.45) is 8.77. The number of rotatable bonds is 6. The zero-order chi connectivity index (χ0) is 20.1. The van der Waals surface area contributed by atoms with Crippen molar-refractivity contribution in [3.05, 3.63) is 46.6 Å². The molecular formula is C19H24IN5O3. The highest BCUT2D eigenvalue weighted by atomic mass is 127. The first-order chi connectivity index (χ1) is 13.4. The standard InChI is InChI=1S/C19H24IN5O3/c1-12-4-6-13(7-5-12)16(24-19(20)28)18(27)23-15-9-22-25(11-15)10-14-3-2-8-21-17(14)26/h2-3,8-9,11-13,16H,4-7,10H2,1H3,(H,21,26)(H,23,27)(H,24,28)/t12?,13?,16-/m0/s1. The van der Waals surface area contributed by atoms with Crippen LogP contribution in [-0.4, -0.2) is 30.6 Å². The summed E-state index contributed by atoms with van der Waals surface area (Å²) in [6.45, 7) is 2.52. The van der Waals surface area contributed by atoms with Crippen LogP contribution < -0.4 is 16.2 Å². The van der Waals surface area contributed by atoms with E-state index >= 15 is 0 Å². The molecule has 0 unspecified atom stereocenters. The van der Waals surface area contributed by atoms with Crippen molar-refractivity contribution in [2.24, 2.45) is 11.8 Å². The van der Waals surface area contributed by atoms with Crippen molar-refractivity contribution in [1.82, 2.24) is 20.1 Å². The molecule has 2 aromatic heterocycles. The molecule has 1 fully saturated rings. The van der Waals surface area contributed by atoms with Crippen LogP contribution in [0.25, 0.3) is 0 Å². The van der Waals surface area contributed by atoms with E-state index in [9.17, 15) is 14.4 Å². The first-order valence-electron chi connectivity index (χ1n) is 9.38. The molecule has 1 saturated carbocycles. The Morgan fingerprint density at radius 2 is 2.11 bits per heavy atom. The molecule has 1 aliphatic carbocycles. The van der Waals surface area contributed by atoms with Crippen molar-refractivity contribution < 1.29 is 9.59 Å². The molecule has 28 heavy (non-hydrogen) atoms. The van der Waals surface area contributed by atoms with Gasteiger partial charge in [-0.05, 0) is 30.7 Å². The summed E-state index contributed by atoms with van der Waals surface area (Å²) in [7, 11) is 0. The molecule has 9 heteroatoms. The summed E-state index contributed by atoms with van der Waals surface area (Å²) in [4.78, 5) is 38.8. The van der Waals surface area contributed by atoms with Gasteiger partial charge in [-0.3, -0.25) is 19.1 Å². The Hall–Kier alpha value is -2.17. The van der Waals surface area contributed by atoms with Crippen LogP contribution in [0.1, 0.15) is 38.2 Å². The highest BCUT2D eigenvalue weighted by molar-refractivity contribution is 14.1. The van der Waals surface area contributed by atoms with Gasteiger partial charge in [-0.15, -0.1) is 0 Å². The predicted molar refractivity (Wildman–Crippen MR) is 114 cm³/mol. The molecule has 2 heterocycles. The van der Waals surface area contributed by atoms with E-state index < -0.39 is 6.04 Å². The molecule has 0 aromatic carbocycles. The van der Waals surface area contributed by atoms with Crippen molar-refractivity contribution >= 4 is 38.1 Å². The second-order valence-corrected chi connectivity index (χ2v) is 8.34. The summed E-state index contributed by atoms with van der Waals surface area (Å²) in [6, 6.07) is 2.93. The van der Waals surface area contributed by atoms with E-state index in [0.29, 0.717) is 23.7 Å². The number of H-pyrrole nitrogens is 1. The van der Waals surface area contributed by atoms with Gasteiger partial charge in [0.2, 0.25) is 5.91 Å². The van der Waals surface area contributed by atoms with Gasteiger partial charge in [-0.2, -0.15) is 5.10 Å². The molecule has 0 radical (unpaired) electrons. The third-order valence-electron chi connectivity index (χ3n) is 5.22. The number of pyridine rings is 1. The van der Waals surface area contributed by atoms with Gasteiger partial charge in [0.15, 0.2) is 0 Å². The summed E-state index contributed by atoms with van der Waals surface area (Å²) < 4.78 is 1.35. The van der Waals surface area contributed by atoms with Crippen LogP contribution in [-0.2, 0) is 11.3 Å². The van der Waals surface area contributed by atoms with E-state index in [0.717, 1.165) is 25.7 Å². The highest BCUT2D eigenvalue weighted by Gasteiger charge is 2.32. The predicted octanol–water partition coefficient (Wildman–Crippen LogP) is 2.90. The van der Waals surface area contributed by atoms with Crippen LogP contribution in [0.15, 0.2) is 35.5 Å². The molecule has 150 valence electrons. The number of amides is 2. The Morgan fingerprint density at radius 1 is 1.36 bits per heavy atom. The number of carbonyl (C=O) groups excluding carboxylic acids is 2. The van der Waals surface area contributed by atoms with Crippen LogP contribution in [0.3, 0.4) is 0 Å². The number of nitrogens with zero attached hydrogens (tertiary/aromatic N) is 2. The summed E-state index contributed by atoms with van der Waals surface area (Å²) in [5.41, 5.74) is 0.948. The van der Waals surface area contributed by atoms with Crippen LogP contribution in [0.4, 0.5) is 10.5 Å². The monoisotopic (exact) mass is 497 g/mol. The first kappa shape index (κ1) is 20.6. The molecule has 0 saturated heterocycles. The Labute approximate surface area is 176 Å². The van der Waals surface area contributed by atoms with Crippen LogP contribution in [0.5, 0.6) is 0 Å². The van der Waals surface area contributed by atoms with E-state index in [-0.39, 0.29) is 21.3 Å². The van der Waals surface area contributed by atoms with E-state index in [1.54, 1.807) is 58.0 Å². The smallest absolute Gasteiger partial charge is 0.281 e. The molecule has 3 N–H and O–H groups in total. The van der Waals surface area contributed by atoms with Gasteiger partial charge < -0.3 is 15.6 Å². The molecule has 1 atom stereocenters. The number of aromatic amines is 1. The minimum atomic E-state index is -0.558. The van der Waals surface area contributed by atoms with Crippen molar-refractivity contribution in [2.75, 3.05) is 5.32 Å². The lowest BCUT2D eigenvalue weighted by molar-refractivity contribution is -0.119. The van der Waals surface area contributed by atoms with Gasteiger partial charge in [-0.25, -0.2) is 0 Å². The second kappa shape index (κ2) is 9.35. The fourth-order valence-electron chi connectivity index (χ4n) is 3.63. The largest absolute Gasteiger partial charge is 0.335 e. The maximum atomic E-state index is 12.8. The molecule has 0 aliphatic heterocycles. The fraction of sp³-hybridized carbons (Fsp3) is 0.474.